The highest BCUT2D eigenvalue weighted by molar-refractivity contribution is 5.86. The van der Waals surface area contributed by atoms with E-state index in [9.17, 15) is 14.4 Å². The van der Waals surface area contributed by atoms with E-state index in [0.29, 0.717) is 0 Å². The van der Waals surface area contributed by atoms with Crippen molar-refractivity contribution in [2.24, 2.45) is 0 Å². The van der Waals surface area contributed by atoms with E-state index in [1.54, 1.807) is 27.7 Å². The Bertz CT molecular complexity index is 345. The Kier molecular flexibility index (Phi) is 10.9. The van der Waals surface area contributed by atoms with Crippen molar-refractivity contribution < 1.29 is 23.9 Å². The maximum Gasteiger partial charge on any atom is 0.408 e. The summed E-state index contributed by atoms with van der Waals surface area (Å²) in [5.41, 5.74) is 0. The van der Waals surface area contributed by atoms with Crippen molar-refractivity contribution in [2.75, 3.05) is 13.7 Å². The van der Waals surface area contributed by atoms with Crippen LogP contribution in [0.3, 0.4) is 0 Å². The molecule has 0 saturated carbocycles. The average Bonchev–Trinajstić information content (AvgIpc) is 2.31. The number of ether oxygens (including phenoxy) is 2. The molecule has 0 bridgehead atoms. The third-order valence-corrected chi connectivity index (χ3v) is 2.02. The molecule has 0 aliphatic rings. The molecular formula is C13H27N3O5. The number of hydrogen-bond donors (Lipinski definition) is 3. The molecule has 0 fully saturated rings. The summed E-state index contributed by atoms with van der Waals surface area (Å²) in [5.74, 6) is -0.419. The summed E-state index contributed by atoms with van der Waals surface area (Å²) in [6.07, 6.45) is -1.72. The van der Waals surface area contributed by atoms with Gasteiger partial charge < -0.3 is 25.4 Å². The molecule has 0 spiro atoms. The van der Waals surface area contributed by atoms with Gasteiger partial charge in [0.15, 0.2) is 0 Å². The fourth-order valence-electron chi connectivity index (χ4n) is 1.24. The largest absolute Gasteiger partial charge is 0.453 e. The Morgan fingerprint density at radius 1 is 1.00 bits per heavy atom. The molecule has 3 N–H and O–H groups in total. The molecule has 3 amide bonds. The number of carbonyl (C=O) groups is 3. The van der Waals surface area contributed by atoms with Crippen molar-refractivity contribution >= 4 is 18.1 Å². The van der Waals surface area contributed by atoms with Crippen LogP contribution in [0.25, 0.3) is 0 Å². The SMILES string of the molecule is C.COC(=O)NCC(NC(=O)OC(C)C)C(=O)NC(C)C. The number of hydrogen-bond acceptors (Lipinski definition) is 5. The lowest BCUT2D eigenvalue weighted by atomic mass is 10.2. The van der Waals surface area contributed by atoms with Crippen LogP contribution in [-0.4, -0.2) is 49.9 Å². The van der Waals surface area contributed by atoms with Crippen LogP contribution in [0.5, 0.6) is 0 Å². The molecule has 8 nitrogen and oxygen atoms in total. The molecule has 1 atom stereocenters. The number of methoxy groups -OCH3 is 1. The molecule has 0 aromatic carbocycles. The Morgan fingerprint density at radius 2 is 1.57 bits per heavy atom. The standard InChI is InChI=1S/C12H23N3O5.CH4/c1-7(2)14-10(16)9(6-13-11(17)19-5)15-12(18)20-8(3)4;/h7-9H,6H2,1-5H3,(H,13,17)(H,14,16)(H,15,18);1H4. The minimum atomic E-state index is -0.942. The van der Waals surface area contributed by atoms with Gasteiger partial charge >= 0.3 is 12.2 Å². The van der Waals surface area contributed by atoms with Gasteiger partial charge in [-0.25, -0.2) is 9.59 Å². The third-order valence-electron chi connectivity index (χ3n) is 2.02. The van der Waals surface area contributed by atoms with Crippen LogP contribution in [0.2, 0.25) is 0 Å². The summed E-state index contributed by atoms with van der Waals surface area (Å²) < 4.78 is 9.30. The van der Waals surface area contributed by atoms with E-state index >= 15 is 0 Å². The van der Waals surface area contributed by atoms with E-state index in [4.69, 9.17) is 4.74 Å². The first-order valence-corrected chi connectivity index (χ1v) is 6.35. The Morgan fingerprint density at radius 3 is 2.00 bits per heavy atom. The van der Waals surface area contributed by atoms with E-state index in [1.807, 2.05) is 0 Å². The van der Waals surface area contributed by atoms with Crippen LogP contribution < -0.4 is 16.0 Å². The van der Waals surface area contributed by atoms with E-state index in [-0.39, 0.29) is 26.1 Å². The summed E-state index contributed by atoms with van der Waals surface area (Å²) in [6, 6.07) is -1.03. The summed E-state index contributed by atoms with van der Waals surface area (Å²) in [7, 11) is 1.21. The van der Waals surface area contributed by atoms with Gasteiger partial charge in [-0.1, -0.05) is 7.43 Å². The predicted octanol–water partition coefficient (Wildman–Crippen LogP) is 1.01. The molecule has 0 rings (SSSR count). The molecule has 1 unspecified atom stereocenters. The summed E-state index contributed by atoms with van der Waals surface area (Å²) in [5, 5.41) is 7.38. The van der Waals surface area contributed by atoms with Crippen molar-refractivity contribution in [3.8, 4) is 0 Å². The Balaban J connectivity index is 0. The first-order chi connectivity index (χ1) is 9.26. The maximum atomic E-state index is 11.9. The van der Waals surface area contributed by atoms with Crippen LogP contribution in [0, 0.1) is 0 Å². The van der Waals surface area contributed by atoms with Crippen molar-refractivity contribution in [3.63, 3.8) is 0 Å². The minimum Gasteiger partial charge on any atom is -0.453 e. The zero-order chi connectivity index (χ0) is 15.7. The first-order valence-electron chi connectivity index (χ1n) is 6.35. The van der Waals surface area contributed by atoms with Crippen molar-refractivity contribution in [2.45, 2.75) is 53.3 Å². The Labute approximate surface area is 125 Å². The lowest BCUT2D eigenvalue weighted by Crippen LogP contribution is -2.54. The molecule has 0 aliphatic heterocycles. The van der Waals surface area contributed by atoms with Crippen LogP contribution in [0.4, 0.5) is 9.59 Å². The van der Waals surface area contributed by atoms with Crippen LogP contribution in [0.15, 0.2) is 0 Å². The zero-order valence-corrected chi connectivity index (χ0v) is 12.5. The predicted molar refractivity (Wildman–Crippen MR) is 79.0 cm³/mol. The molecule has 21 heavy (non-hydrogen) atoms. The van der Waals surface area contributed by atoms with Gasteiger partial charge in [0.25, 0.3) is 0 Å². The number of carbonyl (C=O) groups excluding carboxylic acids is 3. The van der Waals surface area contributed by atoms with Crippen molar-refractivity contribution in [1.29, 1.82) is 0 Å². The normalized spacial score (nSPS) is 11.2. The average molecular weight is 305 g/mol. The molecule has 0 radical (unpaired) electrons. The van der Waals surface area contributed by atoms with Gasteiger partial charge in [-0.15, -0.1) is 0 Å². The third kappa shape index (κ3) is 10.5. The number of rotatable bonds is 6. The van der Waals surface area contributed by atoms with Gasteiger partial charge in [0.05, 0.1) is 19.8 Å². The van der Waals surface area contributed by atoms with Crippen LogP contribution in [0.1, 0.15) is 35.1 Å². The van der Waals surface area contributed by atoms with Crippen molar-refractivity contribution in [1.82, 2.24) is 16.0 Å². The van der Waals surface area contributed by atoms with Gasteiger partial charge in [-0.2, -0.15) is 0 Å². The summed E-state index contributed by atoms with van der Waals surface area (Å²) in [4.78, 5) is 34.4. The molecular weight excluding hydrogens is 278 g/mol. The second-order valence-electron chi connectivity index (χ2n) is 4.69. The molecule has 0 aliphatic carbocycles. The molecule has 0 heterocycles. The fourth-order valence-corrected chi connectivity index (χ4v) is 1.24. The minimum absolute atomic E-state index is 0. The van der Waals surface area contributed by atoms with Gasteiger partial charge in [-0.3, -0.25) is 4.79 Å². The van der Waals surface area contributed by atoms with E-state index < -0.39 is 24.1 Å². The van der Waals surface area contributed by atoms with Gasteiger partial charge in [-0.05, 0) is 27.7 Å². The quantitative estimate of drug-likeness (QED) is 0.679. The second kappa shape index (κ2) is 10.8. The highest BCUT2D eigenvalue weighted by Gasteiger charge is 2.23. The molecule has 0 saturated heterocycles. The first kappa shape index (κ1) is 21.3. The van der Waals surface area contributed by atoms with Gasteiger partial charge in [0.1, 0.15) is 6.04 Å². The van der Waals surface area contributed by atoms with Crippen molar-refractivity contribution in [3.05, 3.63) is 0 Å². The topological polar surface area (TPSA) is 106 Å². The highest BCUT2D eigenvalue weighted by Crippen LogP contribution is 1.93. The van der Waals surface area contributed by atoms with Crippen LogP contribution in [-0.2, 0) is 14.3 Å². The molecule has 8 heteroatoms. The smallest absolute Gasteiger partial charge is 0.408 e. The second-order valence-corrected chi connectivity index (χ2v) is 4.69. The van der Waals surface area contributed by atoms with Gasteiger partial charge in [0.2, 0.25) is 5.91 Å². The number of alkyl carbamates (subject to hydrolysis) is 2. The lowest BCUT2D eigenvalue weighted by molar-refractivity contribution is -0.123. The summed E-state index contributed by atoms with van der Waals surface area (Å²) >= 11 is 0. The van der Waals surface area contributed by atoms with Gasteiger partial charge in [0, 0.05) is 6.04 Å². The van der Waals surface area contributed by atoms with E-state index in [0.717, 1.165) is 0 Å². The van der Waals surface area contributed by atoms with E-state index in [2.05, 4.69) is 20.7 Å². The van der Waals surface area contributed by atoms with E-state index in [1.165, 1.54) is 7.11 Å². The monoisotopic (exact) mass is 305 g/mol. The zero-order valence-electron chi connectivity index (χ0n) is 12.5. The van der Waals surface area contributed by atoms with Crippen LogP contribution >= 0.6 is 0 Å². The maximum absolute atomic E-state index is 11.9. The fraction of sp³-hybridized carbons (Fsp3) is 0.769. The Hall–Kier alpha value is -1.99. The summed E-state index contributed by atoms with van der Waals surface area (Å²) in [6.45, 7) is 6.85. The molecule has 0 aromatic rings. The molecule has 0 aromatic heterocycles. The number of nitrogens with one attached hydrogen (secondary N) is 3. The number of amides is 3. The highest BCUT2D eigenvalue weighted by atomic mass is 16.6. The molecule has 124 valence electrons. The lowest BCUT2D eigenvalue weighted by Gasteiger charge is -2.20.